The van der Waals surface area contributed by atoms with Crippen molar-refractivity contribution < 1.29 is 13.2 Å². The first kappa shape index (κ1) is 16.0. The van der Waals surface area contributed by atoms with Crippen LogP contribution in [-0.4, -0.2) is 38.3 Å². The smallest absolute Gasteiger partial charge is 0.243 e. The molecule has 1 amide bonds. The van der Waals surface area contributed by atoms with Crippen LogP contribution in [-0.2, 0) is 14.8 Å². The first-order valence-corrected chi connectivity index (χ1v) is 8.86. The Labute approximate surface area is 126 Å². The number of rotatable bonds is 2. The van der Waals surface area contributed by atoms with Crippen LogP contribution < -0.4 is 5.32 Å². The Morgan fingerprint density at radius 2 is 1.67 bits per heavy atom. The molecule has 0 spiro atoms. The van der Waals surface area contributed by atoms with E-state index in [-0.39, 0.29) is 18.9 Å². The molecule has 0 aromatic heterocycles. The van der Waals surface area contributed by atoms with Crippen LogP contribution in [0.5, 0.6) is 0 Å². The van der Waals surface area contributed by atoms with Gasteiger partial charge in [-0.1, -0.05) is 31.0 Å². The predicted molar refractivity (Wildman–Crippen MR) is 81.3 cm³/mol. The molecule has 1 aromatic rings. The minimum atomic E-state index is -3.51. The molecule has 1 aromatic carbocycles. The maximum Gasteiger partial charge on any atom is 0.243 e. The SMILES string of the molecule is O=C1CCN(S(=O)(=O)c2ccccc2)CCCCCCN1. The molecule has 1 heterocycles. The van der Waals surface area contributed by atoms with E-state index < -0.39 is 10.0 Å². The van der Waals surface area contributed by atoms with Crippen molar-refractivity contribution in [3.05, 3.63) is 30.3 Å². The molecule has 1 N–H and O–H groups in total. The van der Waals surface area contributed by atoms with Gasteiger partial charge in [0.25, 0.3) is 0 Å². The van der Waals surface area contributed by atoms with Crippen LogP contribution in [0.2, 0.25) is 0 Å². The molecule has 5 nitrogen and oxygen atoms in total. The van der Waals surface area contributed by atoms with Crippen LogP contribution in [0.3, 0.4) is 0 Å². The molecule has 0 radical (unpaired) electrons. The van der Waals surface area contributed by atoms with Crippen LogP contribution in [0, 0.1) is 0 Å². The summed E-state index contributed by atoms with van der Waals surface area (Å²) in [5.74, 6) is -0.0786. The molecule has 0 bridgehead atoms. The van der Waals surface area contributed by atoms with Crippen LogP contribution in [0.15, 0.2) is 35.2 Å². The van der Waals surface area contributed by atoms with Crippen molar-refractivity contribution in [2.75, 3.05) is 19.6 Å². The number of amides is 1. The monoisotopic (exact) mass is 310 g/mol. The van der Waals surface area contributed by atoms with Gasteiger partial charge in [0, 0.05) is 26.1 Å². The summed E-state index contributed by atoms with van der Waals surface area (Å²) in [7, 11) is -3.51. The molecule has 0 saturated carbocycles. The number of carbonyl (C=O) groups is 1. The summed E-state index contributed by atoms with van der Waals surface area (Å²) in [5, 5.41) is 2.83. The zero-order valence-electron chi connectivity index (χ0n) is 12.1. The van der Waals surface area contributed by atoms with Crippen LogP contribution in [0.4, 0.5) is 0 Å². The third kappa shape index (κ3) is 4.54. The van der Waals surface area contributed by atoms with E-state index in [0.29, 0.717) is 18.0 Å². The van der Waals surface area contributed by atoms with Crippen molar-refractivity contribution in [1.82, 2.24) is 9.62 Å². The van der Waals surface area contributed by atoms with Gasteiger partial charge < -0.3 is 5.32 Å². The third-order valence-electron chi connectivity index (χ3n) is 3.63. The molecule has 0 atom stereocenters. The average Bonchev–Trinajstić information content (AvgIpc) is 2.54. The van der Waals surface area contributed by atoms with Gasteiger partial charge in [-0.05, 0) is 25.0 Å². The topological polar surface area (TPSA) is 66.5 Å². The summed E-state index contributed by atoms with van der Waals surface area (Å²) in [6.07, 6.45) is 4.00. The number of benzene rings is 1. The van der Waals surface area contributed by atoms with Gasteiger partial charge in [0.05, 0.1) is 4.90 Å². The lowest BCUT2D eigenvalue weighted by atomic mass is 10.2. The second-order valence-electron chi connectivity index (χ2n) is 5.23. The fraction of sp³-hybridized carbons (Fsp3) is 0.533. The van der Waals surface area contributed by atoms with Crippen LogP contribution in [0.1, 0.15) is 32.1 Å². The molecule has 0 unspecified atom stereocenters. The molecule has 116 valence electrons. The summed E-state index contributed by atoms with van der Waals surface area (Å²) in [5.41, 5.74) is 0. The molecule has 21 heavy (non-hydrogen) atoms. The fourth-order valence-electron chi connectivity index (χ4n) is 2.40. The minimum Gasteiger partial charge on any atom is -0.356 e. The standard InChI is InChI=1S/C15H22N2O3S/c18-15-10-13-17(12-7-2-1-6-11-16-15)21(19,20)14-8-4-3-5-9-14/h3-5,8-9H,1-2,6-7,10-13H2,(H,16,18). The molecule has 1 fully saturated rings. The normalized spacial score (nSPS) is 19.5. The van der Waals surface area contributed by atoms with Gasteiger partial charge in [-0.15, -0.1) is 0 Å². The van der Waals surface area contributed by atoms with Crippen molar-refractivity contribution in [3.8, 4) is 0 Å². The van der Waals surface area contributed by atoms with Crippen LogP contribution >= 0.6 is 0 Å². The molecule has 2 rings (SSSR count). The van der Waals surface area contributed by atoms with Gasteiger partial charge in [0.1, 0.15) is 0 Å². The van der Waals surface area contributed by atoms with Gasteiger partial charge in [-0.2, -0.15) is 4.31 Å². The molecular weight excluding hydrogens is 288 g/mol. The zero-order chi connectivity index (χ0) is 15.1. The lowest BCUT2D eigenvalue weighted by molar-refractivity contribution is -0.121. The van der Waals surface area contributed by atoms with Gasteiger partial charge in [-0.25, -0.2) is 8.42 Å². The quantitative estimate of drug-likeness (QED) is 0.905. The highest BCUT2D eigenvalue weighted by Crippen LogP contribution is 2.17. The molecule has 1 aliphatic rings. The van der Waals surface area contributed by atoms with Crippen molar-refractivity contribution in [1.29, 1.82) is 0 Å². The highest BCUT2D eigenvalue weighted by molar-refractivity contribution is 7.89. The summed E-state index contributed by atoms with van der Waals surface area (Å²) in [6.45, 7) is 1.40. The highest BCUT2D eigenvalue weighted by Gasteiger charge is 2.24. The van der Waals surface area contributed by atoms with Crippen molar-refractivity contribution in [3.63, 3.8) is 0 Å². The number of hydrogen-bond donors (Lipinski definition) is 1. The lowest BCUT2D eigenvalue weighted by Crippen LogP contribution is -2.35. The first-order chi connectivity index (χ1) is 10.1. The maximum atomic E-state index is 12.6. The number of sulfonamides is 1. The summed E-state index contributed by atoms with van der Waals surface area (Å²) < 4.78 is 26.7. The maximum absolute atomic E-state index is 12.6. The van der Waals surface area contributed by atoms with Crippen molar-refractivity contribution in [2.45, 2.75) is 37.0 Å². The van der Waals surface area contributed by atoms with E-state index in [1.165, 1.54) is 4.31 Å². The van der Waals surface area contributed by atoms with E-state index >= 15 is 0 Å². The molecule has 6 heteroatoms. The third-order valence-corrected chi connectivity index (χ3v) is 5.54. The predicted octanol–water partition coefficient (Wildman–Crippen LogP) is 1.76. The Balaban J connectivity index is 2.15. The van der Waals surface area contributed by atoms with Crippen molar-refractivity contribution >= 4 is 15.9 Å². The van der Waals surface area contributed by atoms with Crippen LogP contribution in [0.25, 0.3) is 0 Å². The van der Waals surface area contributed by atoms with E-state index in [0.717, 1.165) is 25.7 Å². The lowest BCUT2D eigenvalue weighted by Gasteiger charge is -2.21. The molecular formula is C15H22N2O3S. The molecule has 1 aliphatic heterocycles. The summed E-state index contributed by atoms with van der Waals surface area (Å²) >= 11 is 0. The van der Waals surface area contributed by atoms with E-state index in [4.69, 9.17) is 0 Å². The number of nitrogens with zero attached hydrogens (tertiary/aromatic N) is 1. The Kier molecular flexibility index (Phi) is 5.76. The zero-order valence-corrected chi connectivity index (χ0v) is 12.9. The number of nitrogens with one attached hydrogen (secondary N) is 1. The second-order valence-corrected chi connectivity index (χ2v) is 7.17. The number of carbonyl (C=O) groups excluding carboxylic acids is 1. The summed E-state index contributed by atoms with van der Waals surface area (Å²) in [6, 6.07) is 8.41. The Bertz CT molecular complexity index is 558. The number of hydrogen-bond acceptors (Lipinski definition) is 3. The first-order valence-electron chi connectivity index (χ1n) is 7.42. The Morgan fingerprint density at radius 1 is 0.952 bits per heavy atom. The Morgan fingerprint density at radius 3 is 2.43 bits per heavy atom. The van der Waals surface area contributed by atoms with Gasteiger partial charge in [0.15, 0.2) is 0 Å². The average molecular weight is 310 g/mol. The largest absolute Gasteiger partial charge is 0.356 e. The fourth-order valence-corrected chi connectivity index (χ4v) is 3.90. The minimum absolute atomic E-state index is 0.0786. The van der Waals surface area contributed by atoms with Gasteiger partial charge in [0.2, 0.25) is 15.9 Å². The molecule has 0 aliphatic carbocycles. The summed E-state index contributed by atoms with van der Waals surface area (Å²) in [4.78, 5) is 12.0. The molecule has 1 saturated heterocycles. The highest BCUT2D eigenvalue weighted by atomic mass is 32.2. The van der Waals surface area contributed by atoms with E-state index in [1.807, 2.05) is 0 Å². The Hall–Kier alpha value is -1.40. The van der Waals surface area contributed by atoms with Crippen molar-refractivity contribution in [2.24, 2.45) is 0 Å². The van der Waals surface area contributed by atoms with Gasteiger partial charge in [-0.3, -0.25) is 4.79 Å². The van der Waals surface area contributed by atoms with Gasteiger partial charge >= 0.3 is 0 Å². The van der Waals surface area contributed by atoms with E-state index in [9.17, 15) is 13.2 Å². The second kappa shape index (κ2) is 7.56. The van der Waals surface area contributed by atoms with E-state index in [1.54, 1.807) is 30.3 Å². The van der Waals surface area contributed by atoms with E-state index in [2.05, 4.69) is 5.32 Å².